The molecule has 0 saturated heterocycles. The van der Waals surface area contributed by atoms with E-state index in [1.807, 2.05) is 0 Å². The average Bonchev–Trinajstić information content (AvgIpc) is 3.16. The first-order valence-electron chi connectivity index (χ1n) is 6.66. The Labute approximate surface area is 131 Å². The first-order valence-corrected chi connectivity index (χ1v) is 8.14. The molecule has 3 rings (SSSR count). The van der Waals surface area contributed by atoms with Crippen molar-refractivity contribution in [2.45, 2.75) is 17.4 Å². The monoisotopic (exact) mass is 335 g/mol. The van der Waals surface area contributed by atoms with Gasteiger partial charge in [-0.3, -0.25) is 4.79 Å². The minimum atomic E-state index is -3.97. The molecule has 1 atom stereocenters. The van der Waals surface area contributed by atoms with E-state index in [4.69, 9.17) is 4.42 Å². The molecule has 1 unspecified atom stereocenters. The number of pyridine rings is 1. The van der Waals surface area contributed by atoms with Crippen LogP contribution in [0.5, 0.6) is 0 Å². The van der Waals surface area contributed by atoms with Crippen LogP contribution < -0.4 is 4.72 Å². The predicted molar refractivity (Wildman–Crippen MR) is 80.3 cm³/mol. The molecule has 23 heavy (non-hydrogen) atoms. The van der Waals surface area contributed by atoms with E-state index < -0.39 is 22.0 Å². The van der Waals surface area contributed by atoms with Gasteiger partial charge in [0, 0.05) is 24.2 Å². The predicted octanol–water partition coefficient (Wildman–Crippen LogP) is 1.13. The van der Waals surface area contributed by atoms with E-state index in [9.17, 15) is 18.3 Å². The van der Waals surface area contributed by atoms with Crippen LogP contribution in [-0.2, 0) is 21.2 Å². The van der Waals surface area contributed by atoms with E-state index in [-0.39, 0.29) is 11.3 Å². The molecule has 3 aromatic rings. The Morgan fingerprint density at radius 3 is 2.96 bits per heavy atom. The molecule has 0 aromatic carbocycles. The lowest BCUT2D eigenvalue weighted by Crippen LogP contribution is -2.42. The van der Waals surface area contributed by atoms with E-state index in [0.717, 1.165) is 11.6 Å². The molecule has 0 saturated carbocycles. The Kier molecular flexibility index (Phi) is 3.89. The highest BCUT2D eigenvalue weighted by atomic mass is 32.2. The minimum Gasteiger partial charge on any atom is -0.480 e. The number of H-pyrrole nitrogens is 1. The van der Waals surface area contributed by atoms with Crippen molar-refractivity contribution in [3.05, 3.63) is 48.7 Å². The largest absolute Gasteiger partial charge is 0.480 e. The molecule has 120 valence electrons. The Bertz CT molecular complexity index is 930. The number of carbonyl (C=O) groups is 1. The van der Waals surface area contributed by atoms with E-state index in [0.29, 0.717) is 11.2 Å². The van der Waals surface area contributed by atoms with Gasteiger partial charge in [-0.1, -0.05) is 0 Å². The van der Waals surface area contributed by atoms with Gasteiger partial charge in [-0.05, 0) is 23.8 Å². The zero-order valence-electron chi connectivity index (χ0n) is 11.8. The number of aliphatic carboxylic acids is 1. The van der Waals surface area contributed by atoms with Crippen molar-refractivity contribution in [1.82, 2.24) is 14.7 Å². The maximum Gasteiger partial charge on any atom is 0.322 e. The van der Waals surface area contributed by atoms with Gasteiger partial charge >= 0.3 is 5.97 Å². The molecule has 0 aliphatic rings. The lowest BCUT2D eigenvalue weighted by molar-refractivity contribution is -0.138. The van der Waals surface area contributed by atoms with Gasteiger partial charge in [-0.2, -0.15) is 4.72 Å². The fourth-order valence-corrected chi connectivity index (χ4v) is 3.35. The van der Waals surface area contributed by atoms with Crippen molar-refractivity contribution < 1.29 is 22.7 Å². The van der Waals surface area contributed by atoms with Gasteiger partial charge in [-0.15, -0.1) is 0 Å². The highest BCUT2D eigenvalue weighted by molar-refractivity contribution is 7.89. The summed E-state index contributed by atoms with van der Waals surface area (Å²) >= 11 is 0. The van der Waals surface area contributed by atoms with Gasteiger partial charge in [0.05, 0.1) is 6.26 Å². The number of nitrogens with one attached hydrogen (secondary N) is 2. The maximum absolute atomic E-state index is 12.1. The molecule has 0 fully saturated rings. The fraction of sp³-hybridized carbons (Fsp3) is 0.143. The normalized spacial score (nSPS) is 13.2. The molecule has 3 heterocycles. The number of fused-ring (bicyclic) bond motifs is 1. The molecule has 3 N–H and O–H groups in total. The van der Waals surface area contributed by atoms with Crippen LogP contribution >= 0.6 is 0 Å². The fourth-order valence-electron chi connectivity index (χ4n) is 2.24. The number of aromatic nitrogens is 2. The summed E-state index contributed by atoms with van der Waals surface area (Å²) in [4.78, 5) is 18.4. The van der Waals surface area contributed by atoms with Crippen LogP contribution in [0.25, 0.3) is 11.0 Å². The van der Waals surface area contributed by atoms with Gasteiger partial charge in [0.25, 0.3) is 0 Å². The summed E-state index contributed by atoms with van der Waals surface area (Å²) in [7, 11) is -3.97. The van der Waals surface area contributed by atoms with Crippen LogP contribution in [0.2, 0.25) is 0 Å². The second kappa shape index (κ2) is 5.86. The van der Waals surface area contributed by atoms with Gasteiger partial charge in [0.2, 0.25) is 10.0 Å². The summed E-state index contributed by atoms with van der Waals surface area (Å²) in [5.74, 6) is -1.27. The second-order valence-electron chi connectivity index (χ2n) is 4.89. The second-order valence-corrected chi connectivity index (χ2v) is 6.60. The maximum atomic E-state index is 12.1. The van der Waals surface area contributed by atoms with Crippen LogP contribution in [0.4, 0.5) is 0 Å². The molecule has 9 heteroatoms. The molecule has 8 nitrogen and oxygen atoms in total. The van der Waals surface area contributed by atoms with E-state index >= 15 is 0 Å². The molecule has 3 aromatic heterocycles. The third-order valence-electron chi connectivity index (χ3n) is 3.36. The Morgan fingerprint density at radius 1 is 1.43 bits per heavy atom. The van der Waals surface area contributed by atoms with E-state index in [2.05, 4.69) is 14.7 Å². The molecule has 0 aliphatic heterocycles. The molecular formula is C14H13N3O5S. The number of furan rings is 1. The smallest absolute Gasteiger partial charge is 0.322 e. The van der Waals surface area contributed by atoms with Crippen molar-refractivity contribution in [1.29, 1.82) is 0 Å². The number of carboxylic acids is 1. The van der Waals surface area contributed by atoms with Crippen LogP contribution in [-0.4, -0.2) is 35.5 Å². The lowest BCUT2D eigenvalue weighted by atomic mass is 10.1. The summed E-state index contributed by atoms with van der Waals surface area (Å²) in [5.41, 5.74) is 1.28. The van der Waals surface area contributed by atoms with Crippen LogP contribution in [0.1, 0.15) is 5.56 Å². The van der Waals surface area contributed by atoms with Crippen molar-refractivity contribution in [3.63, 3.8) is 0 Å². The summed E-state index contributed by atoms with van der Waals surface area (Å²) in [6.45, 7) is 0. The molecule has 0 aliphatic carbocycles. The topological polar surface area (TPSA) is 125 Å². The Balaban J connectivity index is 1.87. The minimum absolute atomic E-state index is 0.0158. The number of aromatic amines is 1. The number of carboxylic acid groups (broad SMARTS) is 1. The first-order chi connectivity index (χ1) is 11.0. The van der Waals surface area contributed by atoms with Gasteiger partial charge < -0.3 is 14.5 Å². The molecule has 0 amide bonds. The summed E-state index contributed by atoms with van der Waals surface area (Å²) in [6.07, 6.45) is 5.46. The highest BCUT2D eigenvalue weighted by Gasteiger charge is 2.27. The average molecular weight is 335 g/mol. The molecule has 0 spiro atoms. The van der Waals surface area contributed by atoms with Gasteiger partial charge in [0.1, 0.15) is 22.8 Å². The lowest BCUT2D eigenvalue weighted by Gasteiger charge is -2.13. The van der Waals surface area contributed by atoms with Crippen molar-refractivity contribution in [2.24, 2.45) is 0 Å². The number of rotatable bonds is 6. The summed E-state index contributed by atoms with van der Waals surface area (Å²) in [5, 5.41) is 10.1. The number of nitrogens with zero attached hydrogens (tertiary/aromatic N) is 1. The Morgan fingerprint density at radius 2 is 2.26 bits per heavy atom. The van der Waals surface area contributed by atoms with Gasteiger partial charge in [0.15, 0.2) is 0 Å². The van der Waals surface area contributed by atoms with Gasteiger partial charge in [-0.25, -0.2) is 13.4 Å². The quantitative estimate of drug-likeness (QED) is 0.620. The zero-order valence-corrected chi connectivity index (χ0v) is 12.6. The third-order valence-corrected chi connectivity index (χ3v) is 4.81. The van der Waals surface area contributed by atoms with Crippen molar-refractivity contribution in [3.8, 4) is 0 Å². The van der Waals surface area contributed by atoms with Crippen LogP contribution in [0, 0.1) is 0 Å². The van der Waals surface area contributed by atoms with Crippen molar-refractivity contribution in [2.75, 3.05) is 0 Å². The SMILES string of the molecule is O=C(O)C(Cc1c[nH]c2ncccc12)NS(=O)(=O)c1ccoc1. The molecular weight excluding hydrogens is 322 g/mol. The summed E-state index contributed by atoms with van der Waals surface area (Å²) in [6, 6.07) is 3.45. The molecule has 0 bridgehead atoms. The van der Waals surface area contributed by atoms with Crippen LogP contribution in [0.15, 0.2) is 52.4 Å². The summed E-state index contributed by atoms with van der Waals surface area (Å²) < 4.78 is 31.2. The zero-order chi connectivity index (χ0) is 16.4. The number of sulfonamides is 1. The Hall–Kier alpha value is -2.65. The number of hydrogen-bond donors (Lipinski definition) is 3. The van der Waals surface area contributed by atoms with Crippen LogP contribution in [0.3, 0.4) is 0 Å². The first kappa shape index (κ1) is 15.3. The molecule has 0 radical (unpaired) electrons. The standard InChI is InChI=1S/C14H13N3O5S/c18-14(19)12(17-23(20,21)10-3-5-22-8-10)6-9-7-16-13-11(9)2-1-4-15-13/h1-5,7-8,12,17H,6H2,(H,15,16)(H,18,19). The highest BCUT2D eigenvalue weighted by Crippen LogP contribution is 2.18. The third kappa shape index (κ3) is 3.10. The van der Waals surface area contributed by atoms with E-state index in [1.54, 1.807) is 24.5 Å². The number of hydrogen-bond acceptors (Lipinski definition) is 5. The van der Waals surface area contributed by atoms with E-state index in [1.165, 1.54) is 12.3 Å². The van der Waals surface area contributed by atoms with Crippen molar-refractivity contribution >= 4 is 27.0 Å².